The molecule has 4 amide bonds. The van der Waals surface area contributed by atoms with Gasteiger partial charge in [-0.25, -0.2) is 4.79 Å². The molecule has 1 aliphatic rings. The van der Waals surface area contributed by atoms with E-state index in [1.54, 1.807) is 54.7 Å². The SMILES string of the molecule is O=C(O)Cn1cc(C=C2C(=O)NC(=O)N(Cc3ccccc3)C2=O)c2ccccc21. The third-order valence-electron chi connectivity index (χ3n) is 4.79. The van der Waals surface area contributed by atoms with Gasteiger partial charge in [0.25, 0.3) is 11.8 Å². The van der Waals surface area contributed by atoms with Crippen LogP contribution in [0.25, 0.3) is 17.0 Å². The summed E-state index contributed by atoms with van der Waals surface area (Å²) in [5, 5.41) is 12.0. The maximum Gasteiger partial charge on any atom is 0.331 e. The van der Waals surface area contributed by atoms with E-state index >= 15 is 0 Å². The Kier molecular flexibility index (Phi) is 4.89. The van der Waals surface area contributed by atoms with Crippen LogP contribution >= 0.6 is 0 Å². The first-order valence-corrected chi connectivity index (χ1v) is 9.16. The molecule has 0 atom stereocenters. The second-order valence-electron chi connectivity index (χ2n) is 6.82. The Morgan fingerprint density at radius 1 is 1.00 bits per heavy atom. The first kappa shape index (κ1) is 19.1. The van der Waals surface area contributed by atoms with Crippen molar-refractivity contribution in [3.63, 3.8) is 0 Å². The number of rotatable bonds is 5. The number of carbonyl (C=O) groups excluding carboxylic acids is 3. The third-order valence-corrected chi connectivity index (χ3v) is 4.79. The van der Waals surface area contributed by atoms with Gasteiger partial charge in [0.05, 0.1) is 6.54 Å². The van der Waals surface area contributed by atoms with Crippen LogP contribution in [-0.2, 0) is 27.5 Å². The largest absolute Gasteiger partial charge is 0.480 e. The van der Waals surface area contributed by atoms with Crippen molar-refractivity contribution < 1.29 is 24.3 Å². The Balaban J connectivity index is 1.73. The van der Waals surface area contributed by atoms with Crippen LogP contribution in [0.5, 0.6) is 0 Å². The molecule has 0 aliphatic carbocycles. The molecule has 2 aromatic carbocycles. The van der Waals surface area contributed by atoms with Crippen molar-refractivity contribution in [2.24, 2.45) is 0 Å². The monoisotopic (exact) mass is 403 g/mol. The van der Waals surface area contributed by atoms with Crippen molar-refractivity contribution in [1.82, 2.24) is 14.8 Å². The number of carboxylic acid groups (broad SMARTS) is 1. The van der Waals surface area contributed by atoms with Crippen LogP contribution in [-0.4, -0.2) is 38.4 Å². The van der Waals surface area contributed by atoms with Gasteiger partial charge in [0.2, 0.25) is 0 Å². The highest BCUT2D eigenvalue weighted by Crippen LogP contribution is 2.25. The number of barbiturate groups is 1. The zero-order valence-electron chi connectivity index (χ0n) is 15.7. The van der Waals surface area contributed by atoms with Crippen LogP contribution in [0.15, 0.2) is 66.4 Å². The Morgan fingerprint density at radius 3 is 2.43 bits per heavy atom. The summed E-state index contributed by atoms with van der Waals surface area (Å²) in [7, 11) is 0. The lowest BCUT2D eigenvalue weighted by molar-refractivity contribution is -0.137. The smallest absolute Gasteiger partial charge is 0.331 e. The van der Waals surface area contributed by atoms with E-state index in [-0.39, 0.29) is 18.7 Å². The number of benzene rings is 2. The number of nitrogens with zero attached hydrogens (tertiary/aromatic N) is 2. The molecule has 1 aromatic heterocycles. The zero-order chi connectivity index (χ0) is 21.3. The predicted molar refractivity (Wildman–Crippen MR) is 108 cm³/mol. The van der Waals surface area contributed by atoms with Gasteiger partial charge in [0.15, 0.2) is 0 Å². The predicted octanol–water partition coefficient (Wildman–Crippen LogP) is 2.39. The molecule has 1 fully saturated rings. The van der Waals surface area contributed by atoms with E-state index < -0.39 is 23.8 Å². The van der Waals surface area contributed by atoms with E-state index in [0.717, 1.165) is 10.5 Å². The van der Waals surface area contributed by atoms with E-state index in [9.17, 15) is 19.2 Å². The van der Waals surface area contributed by atoms with E-state index in [0.29, 0.717) is 16.5 Å². The van der Waals surface area contributed by atoms with E-state index in [1.807, 2.05) is 6.07 Å². The standard InChI is InChI=1S/C22H17N3O5/c26-19(27)13-24-12-15(16-8-4-5-9-18(16)24)10-17-20(28)23-22(30)25(21(17)29)11-14-6-2-1-3-7-14/h1-10,12H,11,13H2,(H,26,27)(H,23,28,30). The van der Waals surface area contributed by atoms with Gasteiger partial charge in [-0.15, -0.1) is 0 Å². The molecule has 0 bridgehead atoms. The van der Waals surface area contributed by atoms with Gasteiger partial charge in [-0.3, -0.25) is 24.6 Å². The number of imide groups is 2. The lowest BCUT2D eigenvalue weighted by atomic mass is 10.1. The van der Waals surface area contributed by atoms with Gasteiger partial charge < -0.3 is 9.67 Å². The lowest BCUT2D eigenvalue weighted by Crippen LogP contribution is -2.53. The Morgan fingerprint density at radius 2 is 1.70 bits per heavy atom. The third kappa shape index (κ3) is 3.58. The number of carbonyl (C=O) groups is 4. The van der Waals surface area contributed by atoms with Gasteiger partial charge in [0.1, 0.15) is 12.1 Å². The van der Waals surface area contributed by atoms with Crippen LogP contribution in [0.1, 0.15) is 11.1 Å². The molecule has 30 heavy (non-hydrogen) atoms. The molecule has 150 valence electrons. The number of fused-ring (bicyclic) bond motifs is 1. The summed E-state index contributed by atoms with van der Waals surface area (Å²) in [6.45, 7) is -0.237. The van der Waals surface area contributed by atoms with Crippen LogP contribution in [0.3, 0.4) is 0 Å². The van der Waals surface area contributed by atoms with Crippen molar-refractivity contribution in [1.29, 1.82) is 0 Å². The Bertz CT molecular complexity index is 1210. The molecule has 8 heteroatoms. The van der Waals surface area contributed by atoms with E-state index in [2.05, 4.69) is 5.32 Å². The molecule has 1 aliphatic heterocycles. The topological polar surface area (TPSA) is 109 Å². The molecule has 0 unspecified atom stereocenters. The maximum atomic E-state index is 13.0. The summed E-state index contributed by atoms with van der Waals surface area (Å²) >= 11 is 0. The fraction of sp³-hybridized carbons (Fsp3) is 0.0909. The van der Waals surface area contributed by atoms with Crippen LogP contribution in [0.4, 0.5) is 4.79 Å². The molecule has 0 radical (unpaired) electrons. The first-order chi connectivity index (χ1) is 14.4. The summed E-state index contributed by atoms with van der Waals surface area (Å²) < 4.78 is 1.53. The van der Waals surface area contributed by atoms with Gasteiger partial charge in [0, 0.05) is 22.7 Å². The molecule has 1 saturated heterocycles. The quantitative estimate of drug-likeness (QED) is 0.502. The van der Waals surface area contributed by atoms with Crippen molar-refractivity contribution in [2.45, 2.75) is 13.1 Å². The average Bonchev–Trinajstić information content (AvgIpc) is 3.06. The highest BCUT2D eigenvalue weighted by Gasteiger charge is 2.35. The summed E-state index contributed by atoms with van der Waals surface area (Å²) in [5.74, 6) is -2.51. The van der Waals surface area contributed by atoms with Crippen molar-refractivity contribution in [3.8, 4) is 0 Å². The van der Waals surface area contributed by atoms with Gasteiger partial charge in [-0.05, 0) is 17.7 Å². The van der Waals surface area contributed by atoms with E-state index in [1.165, 1.54) is 10.6 Å². The number of nitrogens with one attached hydrogen (secondary N) is 1. The minimum Gasteiger partial charge on any atom is -0.480 e. The van der Waals surface area contributed by atoms with Crippen LogP contribution in [0, 0.1) is 0 Å². The molecule has 0 saturated carbocycles. The lowest BCUT2D eigenvalue weighted by Gasteiger charge is -2.26. The molecule has 4 rings (SSSR count). The second-order valence-corrected chi connectivity index (χ2v) is 6.82. The maximum absolute atomic E-state index is 13.0. The fourth-order valence-electron chi connectivity index (χ4n) is 3.43. The van der Waals surface area contributed by atoms with Crippen LogP contribution < -0.4 is 5.32 Å². The number of amides is 4. The zero-order valence-corrected chi connectivity index (χ0v) is 15.7. The minimum absolute atomic E-state index is 0.0247. The second kappa shape index (κ2) is 7.67. The fourth-order valence-corrected chi connectivity index (χ4v) is 3.43. The Labute approximate surface area is 171 Å². The molecule has 8 nitrogen and oxygen atoms in total. The molecule has 2 N–H and O–H groups in total. The molecule has 2 heterocycles. The van der Waals surface area contributed by atoms with Crippen LogP contribution in [0.2, 0.25) is 0 Å². The number of hydrogen-bond donors (Lipinski definition) is 2. The van der Waals surface area contributed by atoms with Gasteiger partial charge in [-0.1, -0.05) is 48.5 Å². The molecular weight excluding hydrogens is 386 g/mol. The van der Waals surface area contributed by atoms with Crippen molar-refractivity contribution in [2.75, 3.05) is 0 Å². The summed E-state index contributed by atoms with van der Waals surface area (Å²) in [4.78, 5) is 49.7. The van der Waals surface area contributed by atoms with Crippen molar-refractivity contribution >= 4 is 40.8 Å². The number of aliphatic carboxylic acids is 1. The first-order valence-electron chi connectivity index (χ1n) is 9.16. The molecule has 3 aromatic rings. The summed E-state index contributed by atoms with van der Waals surface area (Å²) in [6.07, 6.45) is 2.97. The molecular formula is C22H17N3O5. The van der Waals surface area contributed by atoms with E-state index in [4.69, 9.17) is 5.11 Å². The van der Waals surface area contributed by atoms with Gasteiger partial charge in [-0.2, -0.15) is 0 Å². The minimum atomic E-state index is -1.01. The highest BCUT2D eigenvalue weighted by molar-refractivity contribution is 6.31. The summed E-state index contributed by atoms with van der Waals surface area (Å²) in [5.41, 5.74) is 1.73. The van der Waals surface area contributed by atoms with Crippen molar-refractivity contribution in [3.05, 3.63) is 77.5 Å². The van der Waals surface area contributed by atoms with Gasteiger partial charge >= 0.3 is 12.0 Å². The highest BCUT2D eigenvalue weighted by atomic mass is 16.4. The molecule has 0 spiro atoms. The number of hydrogen-bond acceptors (Lipinski definition) is 4. The number of para-hydroxylation sites is 1. The normalized spacial score (nSPS) is 15.7. The number of aromatic nitrogens is 1. The summed E-state index contributed by atoms with van der Waals surface area (Å²) in [6, 6.07) is 15.3. The average molecular weight is 403 g/mol. The Hall–Kier alpha value is -4.20. The number of urea groups is 1. The number of carboxylic acids is 1.